The van der Waals surface area contributed by atoms with E-state index in [4.69, 9.17) is 0 Å². The third-order valence-corrected chi connectivity index (χ3v) is 6.15. The van der Waals surface area contributed by atoms with Crippen molar-refractivity contribution < 1.29 is 0 Å². The van der Waals surface area contributed by atoms with E-state index in [0.29, 0.717) is 0 Å². The van der Waals surface area contributed by atoms with E-state index in [1.165, 1.54) is 27.4 Å². The van der Waals surface area contributed by atoms with Gasteiger partial charge in [0.15, 0.2) is 0 Å². The molecule has 0 bridgehead atoms. The van der Waals surface area contributed by atoms with E-state index in [-0.39, 0.29) is 5.41 Å². The van der Waals surface area contributed by atoms with Crippen LogP contribution in [0.15, 0.2) is 83.9 Å². The van der Waals surface area contributed by atoms with Crippen LogP contribution < -0.4 is 0 Å². The maximum atomic E-state index is 4.15. The van der Waals surface area contributed by atoms with Crippen LogP contribution in [0, 0.1) is 0 Å². The van der Waals surface area contributed by atoms with Crippen LogP contribution in [0.5, 0.6) is 0 Å². The lowest BCUT2D eigenvalue weighted by molar-refractivity contribution is 0.591. The summed E-state index contributed by atoms with van der Waals surface area (Å²) in [5.74, 6) is 0. The highest BCUT2D eigenvalue weighted by Gasteiger charge is 2.18. The van der Waals surface area contributed by atoms with Crippen molar-refractivity contribution in [2.75, 3.05) is 0 Å². The first-order chi connectivity index (χ1) is 13.9. The summed E-state index contributed by atoms with van der Waals surface area (Å²) in [7, 11) is 0. The van der Waals surface area contributed by atoms with E-state index in [0.717, 1.165) is 15.8 Å². The van der Waals surface area contributed by atoms with Gasteiger partial charge in [-0.15, -0.1) is 0 Å². The first kappa shape index (κ1) is 18.2. The van der Waals surface area contributed by atoms with Crippen molar-refractivity contribution in [3.63, 3.8) is 0 Å². The number of imidazole rings is 1. The van der Waals surface area contributed by atoms with Crippen molar-refractivity contribution in [3.05, 3.63) is 89.4 Å². The Balaban J connectivity index is 1.78. The topological polar surface area (TPSA) is 22.8 Å². The fourth-order valence-electron chi connectivity index (χ4n) is 3.95. The second kappa shape index (κ2) is 6.60. The molecule has 3 nitrogen and oxygen atoms in total. The van der Waals surface area contributed by atoms with E-state index in [9.17, 15) is 0 Å². The smallest absolute Gasteiger partial charge is 0.0991 e. The van der Waals surface area contributed by atoms with Crippen LogP contribution >= 0.6 is 15.9 Å². The minimum Gasteiger partial charge on any atom is -0.308 e. The number of aromatic nitrogens is 3. The molecule has 0 amide bonds. The summed E-state index contributed by atoms with van der Waals surface area (Å²) >= 11 is 3.82. The van der Waals surface area contributed by atoms with Crippen LogP contribution in [0.4, 0.5) is 0 Å². The highest BCUT2D eigenvalue weighted by atomic mass is 79.9. The average Bonchev–Trinajstić information content (AvgIpc) is 3.33. The molecule has 0 unspecified atom stereocenters. The summed E-state index contributed by atoms with van der Waals surface area (Å²) in [6.07, 6.45) is 5.56. The molecule has 144 valence electrons. The minimum atomic E-state index is 0.116. The molecule has 4 heteroatoms. The van der Waals surface area contributed by atoms with Gasteiger partial charge in [-0.2, -0.15) is 0 Å². The molecule has 0 atom stereocenters. The molecule has 5 rings (SSSR count). The maximum absolute atomic E-state index is 4.15. The molecule has 29 heavy (non-hydrogen) atoms. The zero-order chi connectivity index (χ0) is 20.2. The number of halogens is 1. The number of nitrogens with zero attached hydrogens (tertiary/aromatic N) is 3. The van der Waals surface area contributed by atoms with Gasteiger partial charge in [0, 0.05) is 33.3 Å². The van der Waals surface area contributed by atoms with Gasteiger partial charge in [-0.25, -0.2) is 4.98 Å². The molecule has 2 aromatic heterocycles. The maximum Gasteiger partial charge on any atom is 0.0991 e. The Morgan fingerprint density at radius 2 is 1.66 bits per heavy atom. The third-order valence-electron chi connectivity index (χ3n) is 5.51. The van der Waals surface area contributed by atoms with E-state index in [2.05, 4.69) is 107 Å². The standard InChI is InChI=1S/C25H22BrN3/c1-25(2,3)17-8-10-23-20(14-17)19-6-4-5-7-22(19)29(23)24-11-9-18(15-21(24)26)28-13-12-27-16-28/h4-16H,1-3H3. The highest BCUT2D eigenvalue weighted by molar-refractivity contribution is 9.10. The Kier molecular flexibility index (Phi) is 4.14. The number of hydrogen-bond donors (Lipinski definition) is 0. The molecule has 0 aliphatic heterocycles. The van der Waals surface area contributed by atoms with Gasteiger partial charge >= 0.3 is 0 Å². The SMILES string of the molecule is CC(C)(C)c1ccc2c(c1)c1ccccc1n2-c1ccc(-n2ccnc2)cc1Br. The summed E-state index contributed by atoms with van der Waals surface area (Å²) < 4.78 is 5.40. The van der Waals surface area contributed by atoms with E-state index in [1.54, 1.807) is 6.20 Å². The highest BCUT2D eigenvalue weighted by Crippen LogP contribution is 2.37. The van der Waals surface area contributed by atoms with Gasteiger partial charge in [-0.1, -0.05) is 45.0 Å². The van der Waals surface area contributed by atoms with Crippen LogP contribution in [0.3, 0.4) is 0 Å². The van der Waals surface area contributed by atoms with Crippen LogP contribution in [-0.2, 0) is 5.41 Å². The average molecular weight is 444 g/mol. The van der Waals surface area contributed by atoms with Crippen LogP contribution in [0.1, 0.15) is 26.3 Å². The summed E-state index contributed by atoms with van der Waals surface area (Å²) in [5.41, 5.74) is 6.10. The first-order valence-corrected chi connectivity index (χ1v) is 10.5. The second-order valence-corrected chi connectivity index (χ2v) is 9.29. The molecule has 0 saturated carbocycles. The minimum absolute atomic E-state index is 0.116. The lowest BCUT2D eigenvalue weighted by atomic mass is 9.86. The van der Waals surface area contributed by atoms with Crippen molar-refractivity contribution in [2.24, 2.45) is 0 Å². The largest absolute Gasteiger partial charge is 0.308 e. The fourth-order valence-corrected chi connectivity index (χ4v) is 4.49. The molecule has 2 heterocycles. The van der Waals surface area contributed by atoms with E-state index >= 15 is 0 Å². The predicted octanol–water partition coefficient (Wildman–Crippen LogP) is 7.03. The van der Waals surface area contributed by atoms with Crippen molar-refractivity contribution >= 4 is 37.7 Å². The van der Waals surface area contributed by atoms with Crippen LogP contribution in [0.25, 0.3) is 33.2 Å². The van der Waals surface area contributed by atoms with Crippen molar-refractivity contribution in [1.82, 2.24) is 14.1 Å². The van der Waals surface area contributed by atoms with Gasteiger partial charge in [-0.05, 0) is 63.3 Å². The summed E-state index contributed by atoms with van der Waals surface area (Å²) in [4.78, 5) is 4.15. The van der Waals surface area contributed by atoms with Crippen molar-refractivity contribution in [1.29, 1.82) is 0 Å². The number of hydrogen-bond acceptors (Lipinski definition) is 1. The zero-order valence-electron chi connectivity index (χ0n) is 16.7. The van der Waals surface area contributed by atoms with Gasteiger partial charge in [0.05, 0.1) is 23.0 Å². The molecule has 0 N–H and O–H groups in total. The Hall–Kier alpha value is -2.85. The normalized spacial score (nSPS) is 12.1. The molecular formula is C25H22BrN3. The van der Waals surface area contributed by atoms with Crippen molar-refractivity contribution in [2.45, 2.75) is 26.2 Å². The van der Waals surface area contributed by atoms with Gasteiger partial charge in [0.2, 0.25) is 0 Å². The van der Waals surface area contributed by atoms with Gasteiger partial charge in [-0.3, -0.25) is 0 Å². The molecule has 5 aromatic rings. The summed E-state index contributed by atoms with van der Waals surface area (Å²) in [5, 5.41) is 2.57. The van der Waals surface area contributed by atoms with Crippen LogP contribution in [0.2, 0.25) is 0 Å². The molecule has 0 aliphatic rings. The van der Waals surface area contributed by atoms with E-state index < -0.39 is 0 Å². The molecule has 3 aromatic carbocycles. The summed E-state index contributed by atoms with van der Waals surface area (Å²) in [6.45, 7) is 6.79. The fraction of sp³-hybridized carbons (Fsp3) is 0.160. The number of fused-ring (bicyclic) bond motifs is 3. The van der Waals surface area contributed by atoms with Crippen LogP contribution in [-0.4, -0.2) is 14.1 Å². The first-order valence-electron chi connectivity index (χ1n) is 9.75. The molecule has 0 spiro atoms. The molecule has 0 fully saturated rings. The van der Waals surface area contributed by atoms with Gasteiger partial charge in [0.25, 0.3) is 0 Å². The number of para-hydroxylation sites is 1. The van der Waals surface area contributed by atoms with E-state index in [1.807, 2.05) is 17.1 Å². The number of benzene rings is 3. The predicted molar refractivity (Wildman–Crippen MR) is 124 cm³/mol. The molecular weight excluding hydrogens is 422 g/mol. The lowest BCUT2D eigenvalue weighted by Gasteiger charge is -2.19. The van der Waals surface area contributed by atoms with Crippen molar-refractivity contribution in [3.8, 4) is 11.4 Å². The third kappa shape index (κ3) is 2.99. The lowest BCUT2D eigenvalue weighted by Crippen LogP contribution is -2.10. The quantitative estimate of drug-likeness (QED) is 0.287. The Bertz CT molecular complexity index is 1340. The Morgan fingerprint density at radius 3 is 2.38 bits per heavy atom. The van der Waals surface area contributed by atoms with Gasteiger partial charge in [0.1, 0.15) is 0 Å². The molecule has 0 saturated heterocycles. The zero-order valence-corrected chi connectivity index (χ0v) is 18.3. The Morgan fingerprint density at radius 1 is 0.862 bits per heavy atom. The molecule has 0 aliphatic carbocycles. The Labute approximate surface area is 178 Å². The summed E-state index contributed by atoms with van der Waals surface area (Å²) in [6, 6.07) is 21.9. The molecule has 0 radical (unpaired) electrons. The number of rotatable bonds is 2. The monoisotopic (exact) mass is 443 g/mol. The second-order valence-electron chi connectivity index (χ2n) is 8.44. The van der Waals surface area contributed by atoms with Gasteiger partial charge < -0.3 is 9.13 Å².